The summed E-state index contributed by atoms with van der Waals surface area (Å²) in [7, 11) is -3.24. The Morgan fingerprint density at radius 2 is 1.88 bits per heavy atom. The molecular formula is C16H21N3O3S2. The molecule has 6 nitrogen and oxygen atoms in total. The van der Waals surface area contributed by atoms with Crippen LogP contribution in [-0.2, 0) is 9.84 Å². The molecule has 0 aliphatic rings. The lowest BCUT2D eigenvalue weighted by Crippen LogP contribution is -2.32. The molecule has 0 saturated carbocycles. The molecule has 130 valence electrons. The number of hydrogen-bond acceptors (Lipinski definition) is 5. The highest BCUT2D eigenvalue weighted by Gasteiger charge is 2.17. The van der Waals surface area contributed by atoms with E-state index >= 15 is 0 Å². The molecule has 0 radical (unpaired) electrons. The molecule has 1 aromatic carbocycles. The fourth-order valence-electron chi connectivity index (χ4n) is 2.10. The second kappa shape index (κ2) is 7.31. The fraction of sp³-hybridized carbons (Fsp3) is 0.375. The molecule has 24 heavy (non-hydrogen) atoms. The van der Waals surface area contributed by atoms with Crippen molar-refractivity contribution < 1.29 is 13.2 Å². The predicted molar refractivity (Wildman–Crippen MR) is 96.3 cm³/mol. The van der Waals surface area contributed by atoms with Gasteiger partial charge in [0.05, 0.1) is 16.6 Å². The van der Waals surface area contributed by atoms with E-state index in [-0.39, 0.29) is 17.0 Å². The van der Waals surface area contributed by atoms with Crippen molar-refractivity contribution >= 4 is 32.9 Å². The van der Waals surface area contributed by atoms with Crippen LogP contribution < -0.4 is 10.6 Å². The Morgan fingerprint density at radius 1 is 1.25 bits per heavy atom. The summed E-state index contributed by atoms with van der Waals surface area (Å²) in [6.07, 6.45) is 1.87. The van der Waals surface area contributed by atoms with E-state index in [1.54, 1.807) is 23.5 Å². The second-order valence-corrected chi connectivity index (χ2v) is 8.80. The smallest absolute Gasteiger partial charge is 0.319 e. The van der Waals surface area contributed by atoms with Gasteiger partial charge in [-0.25, -0.2) is 18.2 Å². The molecule has 0 bridgehead atoms. The average molecular weight is 367 g/mol. The van der Waals surface area contributed by atoms with Crippen LogP contribution in [0.1, 0.15) is 35.0 Å². The Kier molecular flexibility index (Phi) is 5.61. The van der Waals surface area contributed by atoms with Crippen LogP contribution >= 0.6 is 11.3 Å². The zero-order chi connectivity index (χ0) is 17.9. The van der Waals surface area contributed by atoms with Crippen molar-refractivity contribution in [2.45, 2.75) is 38.1 Å². The first-order valence-electron chi connectivity index (χ1n) is 7.52. The number of anilines is 1. The number of nitrogens with one attached hydrogen (secondary N) is 2. The third-order valence-corrected chi connectivity index (χ3v) is 5.91. The molecule has 2 amide bonds. The zero-order valence-corrected chi connectivity index (χ0v) is 15.7. The van der Waals surface area contributed by atoms with Crippen molar-refractivity contribution in [2.24, 2.45) is 0 Å². The number of thiazole rings is 1. The predicted octanol–water partition coefficient (Wildman–Crippen LogP) is 3.44. The van der Waals surface area contributed by atoms with Crippen LogP contribution in [-0.4, -0.2) is 25.7 Å². The minimum atomic E-state index is -3.24. The maximum absolute atomic E-state index is 12.2. The van der Waals surface area contributed by atoms with Crippen molar-refractivity contribution in [1.82, 2.24) is 10.3 Å². The minimum Gasteiger partial charge on any atom is -0.329 e. The van der Waals surface area contributed by atoms with Gasteiger partial charge in [-0.15, -0.1) is 11.3 Å². The van der Waals surface area contributed by atoms with Gasteiger partial charge in [0.2, 0.25) is 0 Å². The molecule has 1 unspecified atom stereocenters. The Hall–Kier alpha value is -1.93. The molecule has 0 aliphatic carbocycles. The number of carbonyl (C=O) groups excluding carboxylic acids is 1. The topological polar surface area (TPSA) is 88.2 Å². The van der Waals surface area contributed by atoms with Crippen LogP contribution in [0.3, 0.4) is 0 Å². The summed E-state index contributed by atoms with van der Waals surface area (Å²) in [6, 6.07) is 5.56. The van der Waals surface area contributed by atoms with Crippen LogP contribution in [0.15, 0.2) is 29.2 Å². The van der Waals surface area contributed by atoms with E-state index in [9.17, 15) is 13.2 Å². The Bertz CT molecular complexity index is 807. The van der Waals surface area contributed by atoms with E-state index in [0.717, 1.165) is 28.3 Å². The molecule has 0 aliphatic heterocycles. The molecule has 1 heterocycles. The molecule has 2 rings (SSSR count). The maximum atomic E-state index is 12.2. The summed E-state index contributed by atoms with van der Waals surface area (Å²) in [5, 5.41) is 6.49. The van der Waals surface area contributed by atoms with Crippen LogP contribution in [0.2, 0.25) is 0 Å². The quantitative estimate of drug-likeness (QED) is 0.847. The van der Waals surface area contributed by atoms with Gasteiger partial charge < -0.3 is 10.6 Å². The van der Waals surface area contributed by atoms with Crippen molar-refractivity contribution in [3.63, 3.8) is 0 Å². The zero-order valence-electron chi connectivity index (χ0n) is 14.1. The van der Waals surface area contributed by atoms with Crippen LogP contribution in [0.5, 0.6) is 0 Å². The van der Waals surface area contributed by atoms with Gasteiger partial charge in [-0.05, 0) is 44.5 Å². The van der Waals surface area contributed by atoms with Crippen molar-refractivity contribution in [3.8, 4) is 0 Å². The molecular weight excluding hydrogens is 346 g/mol. The van der Waals surface area contributed by atoms with Crippen molar-refractivity contribution in [3.05, 3.63) is 39.8 Å². The normalized spacial score (nSPS) is 12.7. The van der Waals surface area contributed by atoms with Gasteiger partial charge in [0.1, 0.15) is 5.01 Å². The van der Waals surface area contributed by atoms with Gasteiger partial charge in [0.25, 0.3) is 0 Å². The highest BCUT2D eigenvalue weighted by Crippen LogP contribution is 2.25. The third-order valence-electron chi connectivity index (χ3n) is 3.60. The first kappa shape index (κ1) is 18.4. The summed E-state index contributed by atoms with van der Waals surface area (Å²) in [5.41, 5.74) is 1.51. The van der Waals surface area contributed by atoms with Crippen molar-refractivity contribution in [2.75, 3.05) is 11.6 Å². The molecule has 1 atom stereocenters. The number of aromatic nitrogens is 1. The number of carbonyl (C=O) groups is 1. The highest BCUT2D eigenvalue weighted by molar-refractivity contribution is 7.90. The largest absolute Gasteiger partial charge is 0.329 e. The highest BCUT2D eigenvalue weighted by atomic mass is 32.2. The van der Waals surface area contributed by atoms with Crippen LogP contribution in [0, 0.1) is 13.8 Å². The number of nitrogens with zero attached hydrogens (tertiary/aromatic N) is 1. The fourth-order valence-corrected chi connectivity index (χ4v) is 3.78. The van der Waals surface area contributed by atoms with Gasteiger partial charge in [-0.1, -0.05) is 6.92 Å². The summed E-state index contributed by atoms with van der Waals surface area (Å²) in [4.78, 5) is 18.0. The van der Waals surface area contributed by atoms with Gasteiger partial charge in [0, 0.05) is 16.8 Å². The molecule has 0 spiro atoms. The molecule has 0 fully saturated rings. The number of amides is 2. The SMILES string of the molecule is CCC(NC(=O)Nc1ccc(S(C)(=O)=O)cc1)c1nc(C)c(C)s1. The molecule has 0 saturated heterocycles. The number of hydrogen-bond donors (Lipinski definition) is 2. The number of sulfone groups is 1. The molecule has 1 aromatic heterocycles. The van der Waals surface area contributed by atoms with Crippen LogP contribution in [0.4, 0.5) is 10.5 Å². The van der Waals surface area contributed by atoms with E-state index in [1.165, 1.54) is 12.1 Å². The molecule has 2 aromatic rings. The van der Waals surface area contributed by atoms with Gasteiger partial charge in [0.15, 0.2) is 9.84 Å². The lowest BCUT2D eigenvalue weighted by atomic mass is 10.2. The summed E-state index contributed by atoms with van der Waals surface area (Å²) < 4.78 is 22.9. The lowest BCUT2D eigenvalue weighted by molar-refractivity contribution is 0.248. The first-order chi connectivity index (χ1) is 11.2. The van der Waals surface area contributed by atoms with E-state index < -0.39 is 9.84 Å². The van der Waals surface area contributed by atoms with E-state index in [4.69, 9.17) is 0 Å². The van der Waals surface area contributed by atoms with E-state index in [0.29, 0.717) is 5.69 Å². The van der Waals surface area contributed by atoms with Crippen LogP contribution in [0.25, 0.3) is 0 Å². The molecule has 8 heteroatoms. The Balaban J connectivity index is 2.03. The van der Waals surface area contributed by atoms with Gasteiger partial charge in [-0.2, -0.15) is 0 Å². The van der Waals surface area contributed by atoms with Gasteiger partial charge >= 0.3 is 6.03 Å². The van der Waals surface area contributed by atoms with E-state index in [1.807, 2.05) is 20.8 Å². The second-order valence-electron chi connectivity index (χ2n) is 5.55. The standard InChI is InChI=1S/C16H21N3O3S2/c1-5-14(15-17-10(2)11(3)23-15)19-16(20)18-12-6-8-13(9-7-12)24(4,21)22/h6-9,14H,5H2,1-4H3,(H2,18,19,20). The first-order valence-corrected chi connectivity index (χ1v) is 10.2. The third kappa shape index (κ3) is 4.55. The van der Waals surface area contributed by atoms with E-state index in [2.05, 4.69) is 15.6 Å². The number of urea groups is 1. The summed E-state index contributed by atoms with van der Waals surface area (Å²) in [6.45, 7) is 5.94. The summed E-state index contributed by atoms with van der Waals surface area (Å²) >= 11 is 1.58. The Labute approximate surface area is 146 Å². The molecule has 2 N–H and O–H groups in total. The monoisotopic (exact) mass is 367 g/mol. The average Bonchev–Trinajstić information content (AvgIpc) is 2.84. The minimum absolute atomic E-state index is 0.155. The number of rotatable bonds is 5. The van der Waals surface area contributed by atoms with Gasteiger partial charge in [-0.3, -0.25) is 0 Å². The number of benzene rings is 1. The summed E-state index contributed by atoms with van der Waals surface area (Å²) in [5.74, 6) is 0. The lowest BCUT2D eigenvalue weighted by Gasteiger charge is -2.15. The van der Waals surface area contributed by atoms with Crippen molar-refractivity contribution in [1.29, 1.82) is 0 Å². The Morgan fingerprint density at radius 3 is 2.33 bits per heavy atom. The maximum Gasteiger partial charge on any atom is 0.319 e. The number of aryl methyl sites for hydroxylation is 2.